The molecular weight excluding hydrogens is 702 g/mol. The normalized spacial score (nSPS) is 14.1. The Morgan fingerprint density at radius 2 is 1.50 bits per heavy atom. The van der Waals surface area contributed by atoms with Crippen LogP contribution in [0.15, 0.2) is 42.9 Å². The van der Waals surface area contributed by atoms with Crippen molar-refractivity contribution >= 4 is 58.1 Å². The fourth-order valence-electron chi connectivity index (χ4n) is 4.62. The quantitative estimate of drug-likeness (QED) is 0.284. The van der Waals surface area contributed by atoms with Crippen LogP contribution in [0.4, 0.5) is 49.5 Å². The third-order valence-corrected chi connectivity index (χ3v) is 7.37. The number of fused-ring (bicyclic) bond motifs is 6. The molecular formula is C30H25ClF6N8O5. The number of pyridine rings is 1. The number of piperazine rings is 1. The molecule has 6 bridgehead atoms. The number of aryl methyl sites for hydroxylation is 2. The van der Waals surface area contributed by atoms with Crippen molar-refractivity contribution in [1.82, 2.24) is 24.8 Å². The Bertz CT molecular complexity index is 1790. The Balaban J connectivity index is 0.000000402. The van der Waals surface area contributed by atoms with E-state index in [9.17, 15) is 45.5 Å². The number of ether oxygens (including phenoxy) is 1. The van der Waals surface area contributed by atoms with E-state index >= 15 is 0 Å². The maximum atomic E-state index is 12.8. The van der Waals surface area contributed by atoms with E-state index in [2.05, 4.69) is 25.6 Å². The number of halogens is 7. The largest absolute Gasteiger partial charge is 0.483 e. The molecule has 2 amide bonds. The second-order valence-electron chi connectivity index (χ2n) is 10.6. The predicted molar refractivity (Wildman–Crippen MR) is 163 cm³/mol. The summed E-state index contributed by atoms with van der Waals surface area (Å²) >= 11 is 6.33. The minimum absolute atomic E-state index is 0.117. The number of carbonyl (C=O) groups excluding carboxylic acids is 4. The highest BCUT2D eigenvalue weighted by Crippen LogP contribution is 2.30. The molecule has 20 heteroatoms. The zero-order valence-electron chi connectivity index (χ0n) is 25.6. The molecule has 264 valence electrons. The van der Waals surface area contributed by atoms with E-state index < -0.39 is 23.9 Å². The number of nitrogens with one attached hydrogen (secondary N) is 2. The SMILES string of the molecule is N#CCC(=O)N1CCN(C(=O)COc2ccc3cc2CCc2cncc(c2)Nc2ncc(Cl)c(n2)N3)CC1.O=C(C(=O)C(F)(F)F)C(F)(F)F. The summed E-state index contributed by atoms with van der Waals surface area (Å²) < 4.78 is 73.0. The monoisotopic (exact) mass is 726 g/mol. The zero-order valence-corrected chi connectivity index (χ0v) is 26.3. The molecule has 1 saturated heterocycles. The number of ketones is 2. The van der Waals surface area contributed by atoms with Gasteiger partial charge in [-0.05, 0) is 48.2 Å². The first-order valence-electron chi connectivity index (χ1n) is 14.5. The Morgan fingerprint density at radius 1 is 0.860 bits per heavy atom. The topological polar surface area (TPSA) is 171 Å². The minimum Gasteiger partial charge on any atom is -0.483 e. The molecule has 0 atom stereocenters. The number of hydrogen-bond donors (Lipinski definition) is 2. The van der Waals surface area contributed by atoms with Crippen molar-refractivity contribution in [1.29, 1.82) is 5.26 Å². The van der Waals surface area contributed by atoms with Gasteiger partial charge in [-0.3, -0.25) is 24.2 Å². The second-order valence-corrected chi connectivity index (χ2v) is 11.0. The van der Waals surface area contributed by atoms with E-state index in [0.29, 0.717) is 61.6 Å². The first-order chi connectivity index (χ1) is 23.5. The maximum Gasteiger partial charge on any atom is 0.458 e. The third-order valence-electron chi connectivity index (χ3n) is 7.09. The van der Waals surface area contributed by atoms with Gasteiger partial charge in [-0.1, -0.05) is 11.6 Å². The molecule has 3 aromatic rings. The van der Waals surface area contributed by atoms with Gasteiger partial charge in [-0.2, -0.15) is 36.6 Å². The summed E-state index contributed by atoms with van der Waals surface area (Å²) in [6, 6.07) is 9.49. The van der Waals surface area contributed by atoms with Gasteiger partial charge < -0.3 is 25.2 Å². The Hall–Kier alpha value is -5.51. The van der Waals surface area contributed by atoms with E-state index in [4.69, 9.17) is 21.6 Å². The van der Waals surface area contributed by atoms with Gasteiger partial charge in [-0.25, -0.2) is 4.98 Å². The van der Waals surface area contributed by atoms with Crippen LogP contribution < -0.4 is 15.4 Å². The highest BCUT2D eigenvalue weighted by Gasteiger charge is 2.54. The van der Waals surface area contributed by atoms with Crippen LogP contribution >= 0.6 is 11.6 Å². The molecule has 4 heterocycles. The highest BCUT2D eigenvalue weighted by molar-refractivity contribution is 6.41. The predicted octanol–water partition coefficient (Wildman–Crippen LogP) is 4.32. The number of benzene rings is 1. The number of anilines is 4. The number of nitrogens with zero attached hydrogens (tertiary/aromatic N) is 6. The number of alkyl halides is 6. The summed E-state index contributed by atoms with van der Waals surface area (Å²) in [6.45, 7) is 1.52. The van der Waals surface area contributed by atoms with E-state index in [0.717, 1.165) is 22.5 Å². The zero-order chi connectivity index (χ0) is 36.6. The lowest BCUT2D eigenvalue weighted by Gasteiger charge is -2.34. The van der Waals surface area contributed by atoms with Crippen LogP contribution in [0.3, 0.4) is 0 Å². The molecule has 1 fully saturated rings. The summed E-state index contributed by atoms with van der Waals surface area (Å²) in [5, 5.41) is 15.5. The van der Waals surface area contributed by atoms with Crippen molar-refractivity contribution < 1.29 is 50.3 Å². The van der Waals surface area contributed by atoms with Crippen LogP contribution in [0.5, 0.6) is 5.75 Å². The molecule has 2 aromatic heterocycles. The van der Waals surface area contributed by atoms with Crippen molar-refractivity contribution in [3.63, 3.8) is 0 Å². The lowest BCUT2D eigenvalue weighted by molar-refractivity contribution is -0.193. The molecule has 0 saturated carbocycles. The van der Waals surface area contributed by atoms with Gasteiger partial charge in [0.2, 0.25) is 11.9 Å². The van der Waals surface area contributed by atoms with Gasteiger partial charge in [0.05, 0.1) is 24.2 Å². The van der Waals surface area contributed by atoms with Gasteiger partial charge in [0.15, 0.2) is 12.4 Å². The number of carbonyl (C=O) groups is 4. The molecule has 0 spiro atoms. The Morgan fingerprint density at radius 3 is 2.12 bits per heavy atom. The molecule has 2 N–H and O–H groups in total. The van der Waals surface area contributed by atoms with Gasteiger partial charge in [0.25, 0.3) is 5.91 Å². The minimum atomic E-state index is -5.77. The standard InChI is InChI=1S/C26H25ClN8O3.C4F6O2/c27-21-15-30-26-32-20-11-17(13-29-14-20)1-2-18-12-19(31-25(21)33-26)3-4-22(18)38-16-24(37)35-9-7-34(8-10-35)23(36)5-6-28;5-3(6,7)1(11)2(12)4(8,9)10/h3-4,11-15H,1-2,5,7-10,16H2,(H2,30,31,32,33);. The van der Waals surface area contributed by atoms with E-state index in [-0.39, 0.29) is 24.8 Å². The van der Waals surface area contributed by atoms with Crippen LogP contribution in [-0.2, 0) is 32.0 Å². The van der Waals surface area contributed by atoms with Crippen molar-refractivity contribution in [2.45, 2.75) is 31.6 Å². The number of Topliss-reactive ketones (excluding diaryl/α,β-unsaturated/α-hetero) is 2. The maximum absolute atomic E-state index is 12.8. The first-order valence-corrected chi connectivity index (χ1v) is 14.8. The molecule has 5 rings (SSSR count). The number of aromatic nitrogens is 3. The number of hydrogen-bond acceptors (Lipinski definition) is 11. The average Bonchev–Trinajstić information content (AvgIpc) is 3.07. The average molecular weight is 727 g/mol. The van der Waals surface area contributed by atoms with Crippen molar-refractivity contribution in [2.75, 3.05) is 43.4 Å². The first kappa shape index (κ1) is 37.3. The van der Waals surface area contributed by atoms with E-state index in [1.807, 2.05) is 36.5 Å². The molecule has 0 radical (unpaired) electrons. The van der Waals surface area contributed by atoms with Crippen LogP contribution in [0.25, 0.3) is 0 Å². The number of rotatable bonds is 5. The van der Waals surface area contributed by atoms with Crippen molar-refractivity contribution in [3.8, 4) is 11.8 Å². The van der Waals surface area contributed by atoms with E-state index in [1.165, 1.54) is 6.20 Å². The lowest BCUT2D eigenvalue weighted by Crippen LogP contribution is -2.51. The summed E-state index contributed by atoms with van der Waals surface area (Å²) in [4.78, 5) is 60.3. The Labute approximate surface area is 284 Å². The summed E-state index contributed by atoms with van der Waals surface area (Å²) in [5.41, 5.74) is 3.47. The smallest absolute Gasteiger partial charge is 0.458 e. The van der Waals surface area contributed by atoms with Crippen molar-refractivity contribution in [2.24, 2.45) is 0 Å². The summed E-state index contributed by atoms with van der Waals surface area (Å²) in [5.74, 6) is -5.72. The van der Waals surface area contributed by atoms with Crippen LogP contribution in [-0.4, -0.2) is 93.3 Å². The fourth-order valence-corrected chi connectivity index (χ4v) is 4.76. The molecule has 0 unspecified atom stereocenters. The van der Waals surface area contributed by atoms with E-state index in [1.54, 1.807) is 16.0 Å². The van der Waals surface area contributed by atoms with Gasteiger partial charge in [0, 0.05) is 38.1 Å². The fraction of sp³-hybridized carbons (Fsp3) is 0.333. The molecule has 50 heavy (non-hydrogen) atoms. The molecule has 0 aliphatic carbocycles. The second kappa shape index (κ2) is 15.8. The Kier molecular flexibility index (Phi) is 11.8. The highest BCUT2D eigenvalue weighted by atomic mass is 35.5. The van der Waals surface area contributed by atoms with Crippen LogP contribution in [0.1, 0.15) is 17.5 Å². The summed E-state index contributed by atoms with van der Waals surface area (Å²) in [7, 11) is 0. The van der Waals surface area contributed by atoms with Gasteiger partial charge >= 0.3 is 23.9 Å². The number of amides is 2. The van der Waals surface area contributed by atoms with Gasteiger partial charge in [-0.15, -0.1) is 0 Å². The molecule has 2 aliphatic heterocycles. The van der Waals surface area contributed by atoms with Gasteiger partial charge in [0.1, 0.15) is 17.2 Å². The third kappa shape index (κ3) is 10.0. The molecule has 13 nitrogen and oxygen atoms in total. The lowest BCUT2D eigenvalue weighted by atomic mass is 10.0. The van der Waals surface area contributed by atoms with Crippen LogP contribution in [0.2, 0.25) is 5.02 Å². The molecule has 1 aromatic carbocycles. The summed E-state index contributed by atoms with van der Waals surface area (Å²) in [6.07, 6.45) is -5.29. The number of nitriles is 1. The molecule has 2 aliphatic rings. The van der Waals surface area contributed by atoms with Crippen LogP contribution in [0, 0.1) is 11.3 Å². The van der Waals surface area contributed by atoms with Crippen molar-refractivity contribution in [3.05, 3.63) is 59.0 Å².